The minimum absolute atomic E-state index is 0.0105. The van der Waals surface area contributed by atoms with Crippen LogP contribution in [0.25, 0.3) is 0 Å². The lowest BCUT2D eigenvalue weighted by Gasteiger charge is -2.26. The molecule has 3 N–H and O–H groups in total. The van der Waals surface area contributed by atoms with Crippen LogP contribution in [0, 0.1) is 6.92 Å². The van der Waals surface area contributed by atoms with Crippen molar-refractivity contribution in [3.05, 3.63) is 71.3 Å². The molecule has 0 unspecified atom stereocenters. The van der Waals surface area contributed by atoms with Gasteiger partial charge in [-0.2, -0.15) is 0 Å². The number of ether oxygens (including phenoxy) is 1. The summed E-state index contributed by atoms with van der Waals surface area (Å²) in [6, 6.07) is 18.0. The van der Waals surface area contributed by atoms with Crippen LogP contribution < -0.4 is 0 Å². The molecule has 2 rings (SSSR count). The maximum atomic E-state index is 10.4. The fraction of sp³-hybridized carbons (Fsp3) is 0.429. The molecular formula is C21H29NO4. The van der Waals surface area contributed by atoms with E-state index in [9.17, 15) is 5.11 Å². The van der Waals surface area contributed by atoms with Gasteiger partial charge in [0.2, 0.25) is 0 Å². The minimum atomic E-state index is -0.705. The highest BCUT2D eigenvalue weighted by Crippen LogP contribution is 2.28. The van der Waals surface area contributed by atoms with E-state index in [0.717, 1.165) is 16.7 Å². The van der Waals surface area contributed by atoms with Gasteiger partial charge in [-0.3, -0.25) is 4.90 Å². The van der Waals surface area contributed by atoms with Crippen molar-refractivity contribution in [3.8, 4) is 0 Å². The SMILES string of the molecule is Cc1ccccc1[C@H](OC[C@@H](O)CN(CCO)CCO)c1ccccc1. The monoisotopic (exact) mass is 359 g/mol. The zero-order chi connectivity index (χ0) is 18.8. The summed E-state index contributed by atoms with van der Waals surface area (Å²) in [6.45, 7) is 3.37. The van der Waals surface area contributed by atoms with Gasteiger partial charge in [0.15, 0.2) is 0 Å². The van der Waals surface area contributed by atoms with Gasteiger partial charge in [-0.15, -0.1) is 0 Å². The highest BCUT2D eigenvalue weighted by atomic mass is 16.5. The molecule has 2 atom stereocenters. The molecule has 0 bridgehead atoms. The topological polar surface area (TPSA) is 73.2 Å². The highest BCUT2D eigenvalue weighted by Gasteiger charge is 2.19. The predicted molar refractivity (Wildman–Crippen MR) is 102 cm³/mol. The number of rotatable bonds is 11. The van der Waals surface area contributed by atoms with Crippen LogP contribution >= 0.6 is 0 Å². The lowest BCUT2D eigenvalue weighted by atomic mass is 9.97. The Morgan fingerprint density at radius 3 is 2.15 bits per heavy atom. The Kier molecular flexibility index (Phi) is 8.74. The van der Waals surface area contributed by atoms with E-state index < -0.39 is 6.10 Å². The first kappa shape index (κ1) is 20.6. The van der Waals surface area contributed by atoms with Crippen molar-refractivity contribution in [2.45, 2.75) is 19.1 Å². The number of aryl methyl sites for hydroxylation is 1. The Balaban J connectivity index is 2.07. The van der Waals surface area contributed by atoms with Gasteiger partial charge in [0.25, 0.3) is 0 Å². The second-order valence-electron chi connectivity index (χ2n) is 6.38. The van der Waals surface area contributed by atoms with E-state index in [1.165, 1.54) is 0 Å². The van der Waals surface area contributed by atoms with Crippen LogP contribution in [0.5, 0.6) is 0 Å². The van der Waals surface area contributed by atoms with Crippen LogP contribution in [0.15, 0.2) is 54.6 Å². The first-order valence-electron chi connectivity index (χ1n) is 9.00. The molecular weight excluding hydrogens is 330 g/mol. The maximum Gasteiger partial charge on any atom is 0.108 e. The van der Waals surface area contributed by atoms with E-state index in [0.29, 0.717) is 19.6 Å². The molecule has 0 heterocycles. The van der Waals surface area contributed by atoms with Gasteiger partial charge in [-0.25, -0.2) is 0 Å². The molecule has 0 radical (unpaired) electrons. The standard InChI is InChI=1S/C21H29NO4/c1-17-7-5-6-10-20(17)21(18-8-3-2-4-9-18)26-16-19(25)15-22(11-13-23)12-14-24/h2-10,19,21,23-25H,11-16H2,1H3/t19-,21+/m0/s1. The molecule has 0 saturated heterocycles. The fourth-order valence-electron chi connectivity index (χ4n) is 3.01. The average molecular weight is 359 g/mol. The fourth-order valence-corrected chi connectivity index (χ4v) is 3.01. The first-order chi connectivity index (χ1) is 12.7. The van der Waals surface area contributed by atoms with Crippen molar-refractivity contribution in [2.24, 2.45) is 0 Å². The maximum absolute atomic E-state index is 10.4. The van der Waals surface area contributed by atoms with Crippen LogP contribution in [0.3, 0.4) is 0 Å². The molecule has 0 spiro atoms. The Bertz CT molecular complexity index is 629. The second-order valence-corrected chi connectivity index (χ2v) is 6.38. The highest BCUT2D eigenvalue weighted by molar-refractivity contribution is 5.35. The van der Waals surface area contributed by atoms with E-state index in [1.54, 1.807) is 0 Å². The van der Waals surface area contributed by atoms with Crippen molar-refractivity contribution in [1.29, 1.82) is 0 Å². The normalized spacial score (nSPS) is 13.7. The number of nitrogens with zero attached hydrogens (tertiary/aromatic N) is 1. The lowest BCUT2D eigenvalue weighted by Crippen LogP contribution is -2.38. The van der Waals surface area contributed by atoms with Gasteiger partial charge in [0, 0.05) is 19.6 Å². The summed E-state index contributed by atoms with van der Waals surface area (Å²) in [5.41, 5.74) is 3.25. The summed E-state index contributed by atoms with van der Waals surface area (Å²) < 4.78 is 6.11. The van der Waals surface area contributed by atoms with Crippen molar-refractivity contribution in [3.63, 3.8) is 0 Å². The average Bonchev–Trinajstić information content (AvgIpc) is 2.64. The molecule has 0 aliphatic heterocycles. The number of benzene rings is 2. The van der Waals surface area contributed by atoms with Gasteiger partial charge >= 0.3 is 0 Å². The molecule has 0 amide bonds. The van der Waals surface area contributed by atoms with Crippen molar-refractivity contribution >= 4 is 0 Å². The van der Waals surface area contributed by atoms with Crippen molar-refractivity contribution < 1.29 is 20.1 Å². The molecule has 0 saturated carbocycles. The van der Waals surface area contributed by atoms with E-state index in [1.807, 2.05) is 53.4 Å². The van der Waals surface area contributed by atoms with Crippen LogP contribution in [0.2, 0.25) is 0 Å². The van der Waals surface area contributed by atoms with Gasteiger partial charge in [-0.1, -0.05) is 54.6 Å². The first-order valence-corrected chi connectivity index (χ1v) is 9.00. The molecule has 2 aromatic carbocycles. The number of aliphatic hydroxyl groups is 3. The Labute approximate surface area is 155 Å². The number of hydrogen-bond acceptors (Lipinski definition) is 5. The van der Waals surface area contributed by atoms with Crippen LogP contribution in [0.1, 0.15) is 22.8 Å². The third kappa shape index (κ3) is 6.20. The lowest BCUT2D eigenvalue weighted by molar-refractivity contribution is -0.0118. The molecule has 142 valence electrons. The summed E-state index contributed by atoms with van der Waals surface area (Å²) in [6.07, 6.45) is -0.959. The smallest absolute Gasteiger partial charge is 0.108 e. The summed E-state index contributed by atoms with van der Waals surface area (Å²) in [4.78, 5) is 1.82. The second kappa shape index (κ2) is 11.1. The number of hydrogen-bond donors (Lipinski definition) is 3. The van der Waals surface area contributed by atoms with Gasteiger partial charge in [0.1, 0.15) is 6.10 Å². The molecule has 5 nitrogen and oxygen atoms in total. The van der Waals surface area contributed by atoms with Crippen molar-refractivity contribution in [1.82, 2.24) is 4.90 Å². The summed E-state index contributed by atoms with van der Waals surface area (Å²) in [5, 5.41) is 28.5. The van der Waals surface area contributed by atoms with Gasteiger partial charge in [-0.05, 0) is 23.6 Å². The number of aliphatic hydroxyl groups excluding tert-OH is 3. The summed E-state index contributed by atoms with van der Waals surface area (Å²) in [7, 11) is 0. The molecule has 0 aliphatic rings. The summed E-state index contributed by atoms with van der Waals surface area (Å²) in [5.74, 6) is 0. The van der Waals surface area contributed by atoms with Crippen LogP contribution in [0.4, 0.5) is 0 Å². The van der Waals surface area contributed by atoms with Gasteiger partial charge < -0.3 is 20.1 Å². The third-order valence-electron chi connectivity index (χ3n) is 4.33. The van der Waals surface area contributed by atoms with E-state index in [-0.39, 0.29) is 25.9 Å². The van der Waals surface area contributed by atoms with Crippen molar-refractivity contribution in [2.75, 3.05) is 39.5 Å². The molecule has 26 heavy (non-hydrogen) atoms. The largest absolute Gasteiger partial charge is 0.395 e. The van der Waals surface area contributed by atoms with Crippen LogP contribution in [-0.2, 0) is 4.74 Å². The Hall–Kier alpha value is -1.76. The predicted octanol–water partition coefficient (Wildman–Crippen LogP) is 1.75. The zero-order valence-corrected chi connectivity index (χ0v) is 15.3. The Morgan fingerprint density at radius 2 is 1.54 bits per heavy atom. The molecule has 2 aromatic rings. The zero-order valence-electron chi connectivity index (χ0n) is 15.3. The van der Waals surface area contributed by atoms with Crippen LogP contribution in [-0.4, -0.2) is 65.8 Å². The molecule has 0 fully saturated rings. The third-order valence-corrected chi connectivity index (χ3v) is 4.33. The molecule has 0 aromatic heterocycles. The molecule has 0 aliphatic carbocycles. The van der Waals surface area contributed by atoms with E-state index in [4.69, 9.17) is 14.9 Å². The van der Waals surface area contributed by atoms with E-state index in [2.05, 4.69) is 13.0 Å². The summed E-state index contributed by atoms with van der Waals surface area (Å²) >= 11 is 0. The quantitative estimate of drug-likeness (QED) is 0.570. The van der Waals surface area contributed by atoms with Gasteiger partial charge in [0.05, 0.1) is 25.9 Å². The Morgan fingerprint density at radius 1 is 0.923 bits per heavy atom. The van der Waals surface area contributed by atoms with E-state index >= 15 is 0 Å². The minimum Gasteiger partial charge on any atom is -0.395 e. The molecule has 5 heteroatoms.